The molecule has 0 unspecified atom stereocenters. The van der Waals surface area contributed by atoms with Crippen molar-refractivity contribution in [3.8, 4) is 11.5 Å². The molecule has 0 bridgehead atoms. The summed E-state index contributed by atoms with van der Waals surface area (Å²) >= 11 is 12.7. The molecule has 1 heterocycles. The highest BCUT2D eigenvalue weighted by molar-refractivity contribution is 6.36. The zero-order valence-corrected chi connectivity index (χ0v) is 15.2. The van der Waals surface area contributed by atoms with Crippen LogP contribution in [-0.4, -0.2) is 10.1 Å². The molecule has 0 atom stereocenters. The van der Waals surface area contributed by atoms with Crippen LogP contribution in [0.25, 0.3) is 11.5 Å². The molecule has 2 N–H and O–H groups in total. The Hall–Kier alpha value is -2.25. The van der Waals surface area contributed by atoms with E-state index < -0.39 is 17.2 Å². The largest absolute Gasteiger partial charge is 0.416 e. The maximum absolute atomic E-state index is 12.7. The third kappa shape index (κ3) is 3.15. The Morgan fingerprint density at radius 3 is 2.15 bits per heavy atom. The number of alkyl halides is 3. The topological polar surface area (TPSA) is 64.9 Å². The van der Waals surface area contributed by atoms with Crippen molar-refractivity contribution >= 4 is 28.9 Å². The summed E-state index contributed by atoms with van der Waals surface area (Å²) in [5, 5.41) is 4.85. The average Bonchev–Trinajstić information content (AvgIpc) is 3.21. The van der Waals surface area contributed by atoms with Crippen molar-refractivity contribution in [1.82, 2.24) is 10.1 Å². The summed E-state index contributed by atoms with van der Waals surface area (Å²) in [5.74, 6) is 0.527. The van der Waals surface area contributed by atoms with Gasteiger partial charge >= 0.3 is 6.18 Å². The summed E-state index contributed by atoms with van der Waals surface area (Å²) in [7, 11) is 0. The normalized spacial score (nSPS) is 15.7. The van der Waals surface area contributed by atoms with Crippen LogP contribution in [0.1, 0.15) is 29.8 Å². The van der Waals surface area contributed by atoms with Gasteiger partial charge in [-0.3, -0.25) is 0 Å². The second kappa shape index (κ2) is 6.14. The third-order valence-electron chi connectivity index (χ3n) is 4.61. The van der Waals surface area contributed by atoms with Crippen LogP contribution in [-0.2, 0) is 11.6 Å². The van der Waals surface area contributed by atoms with Crippen molar-refractivity contribution < 1.29 is 17.7 Å². The fraction of sp³-hybridized carbons (Fsp3) is 0.222. The number of anilines is 1. The number of halogens is 5. The van der Waals surface area contributed by atoms with E-state index in [4.69, 9.17) is 33.5 Å². The molecule has 2 aromatic carbocycles. The Morgan fingerprint density at radius 1 is 1.04 bits per heavy atom. The fourth-order valence-corrected chi connectivity index (χ4v) is 3.96. The molecule has 3 aromatic rings. The van der Waals surface area contributed by atoms with E-state index in [1.54, 1.807) is 12.1 Å². The highest BCUT2D eigenvalue weighted by Crippen LogP contribution is 2.56. The summed E-state index contributed by atoms with van der Waals surface area (Å²) in [5.41, 5.74) is 5.96. The predicted molar refractivity (Wildman–Crippen MR) is 95.6 cm³/mol. The SMILES string of the molecule is Nc1cc(Cl)c(C2(c3noc(-c4ccc(C(F)(F)F)cc4)n3)CC2)c(Cl)c1. The minimum absolute atomic E-state index is 0.132. The van der Waals surface area contributed by atoms with Crippen molar-refractivity contribution in [2.75, 3.05) is 5.73 Å². The minimum atomic E-state index is -4.40. The molecule has 0 radical (unpaired) electrons. The molecular weight excluding hydrogens is 402 g/mol. The zero-order chi connectivity index (χ0) is 19.4. The number of nitrogen functional groups attached to an aromatic ring is 1. The lowest BCUT2D eigenvalue weighted by Crippen LogP contribution is -2.12. The van der Waals surface area contributed by atoms with Gasteiger partial charge in [0.05, 0.1) is 11.0 Å². The number of hydrogen-bond acceptors (Lipinski definition) is 4. The minimum Gasteiger partial charge on any atom is -0.399 e. The first-order valence-electron chi connectivity index (χ1n) is 7.97. The smallest absolute Gasteiger partial charge is 0.399 e. The van der Waals surface area contributed by atoms with Crippen LogP contribution in [0.15, 0.2) is 40.9 Å². The molecule has 0 aliphatic heterocycles. The maximum atomic E-state index is 12.7. The Kier molecular flexibility index (Phi) is 4.12. The molecule has 1 saturated carbocycles. The quantitative estimate of drug-likeness (QED) is 0.557. The predicted octanol–water partition coefficient (Wildman–Crippen LogP) is 5.72. The highest BCUT2D eigenvalue weighted by Gasteiger charge is 2.52. The molecular formula is C18H12Cl2F3N3O. The fourth-order valence-electron chi connectivity index (χ4n) is 3.10. The van der Waals surface area contributed by atoms with E-state index in [-0.39, 0.29) is 5.89 Å². The van der Waals surface area contributed by atoms with Gasteiger partial charge in [-0.2, -0.15) is 18.2 Å². The molecule has 9 heteroatoms. The number of benzene rings is 2. The van der Waals surface area contributed by atoms with Gasteiger partial charge in [-0.15, -0.1) is 0 Å². The van der Waals surface area contributed by atoms with E-state index in [1.165, 1.54) is 12.1 Å². The van der Waals surface area contributed by atoms with Crippen molar-refractivity contribution in [3.05, 3.63) is 63.4 Å². The van der Waals surface area contributed by atoms with Crippen LogP contribution in [0.3, 0.4) is 0 Å². The summed E-state index contributed by atoms with van der Waals surface area (Å²) in [6.07, 6.45) is -2.95. The molecule has 140 valence electrons. The first kappa shape index (κ1) is 18.1. The third-order valence-corrected chi connectivity index (χ3v) is 5.20. The first-order valence-corrected chi connectivity index (χ1v) is 8.73. The van der Waals surface area contributed by atoms with Gasteiger partial charge in [0, 0.05) is 26.9 Å². The summed E-state index contributed by atoms with van der Waals surface area (Å²) in [6, 6.07) is 7.75. The van der Waals surface area contributed by atoms with Crippen LogP contribution < -0.4 is 5.73 Å². The Morgan fingerprint density at radius 2 is 1.63 bits per heavy atom. The Bertz CT molecular complexity index is 988. The van der Waals surface area contributed by atoms with E-state index in [0.29, 0.717) is 32.7 Å². The van der Waals surface area contributed by atoms with E-state index in [0.717, 1.165) is 25.0 Å². The molecule has 1 fully saturated rings. The second-order valence-electron chi connectivity index (χ2n) is 6.44. The van der Waals surface area contributed by atoms with Gasteiger partial charge in [0.1, 0.15) is 0 Å². The molecule has 0 amide bonds. The monoisotopic (exact) mass is 413 g/mol. The molecule has 27 heavy (non-hydrogen) atoms. The van der Waals surface area contributed by atoms with Gasteiger partial charge in [0.2, 0.25) is 0 Å². The van der Waals surface area contributed by atoms with E-state index >= 15 is 0 Å². The number of nitrogens with two attached hydrogens (primary N) is 1. The van der Waals surface area contributed by atoms with E-state index in [1.807, 2.05) is 0 Å². The lowest BCUT2D eigenvalue weighted by atomic mass is 9.94. The van der Waals surface area contributed by atoms with Crippen molar-refractivity contribution in [1.29, 1.82) is 0 Å². The molecule has 0 spiro atoms. The lowest BCUT2D eigenvalue weighted by Gasteiger charge is -2.15. The number of nitrogens with zero attached hydrogens (tertiary/aromatic N) is 2. The lowest BCUT2D eigenvalue weighted by molar-refractivity contribution is -0.137. The van der Waals surface area contributed by atoms with Crippen molar-refractivity contribution in [2.24, 2.45) is 0 Å². The first-order chi connectivity index (χ1) is 12.7. The average molecular weight is 414 g/mol. The number of hydrogen-bond donors (Lipinski definition) is 1. The van der Waals surface area contributed by atoms with Crippen LogP contribution in [0.5, 0.6) is 0 Å². The van der Waals surface area contributed by atoms with Crippen LogP contribution in [0.4, 0.5) is 18.9 Å². The van der Waals surface area contributed by atoms with E-state index in [9.17, 15) is 13.2 Å². The molecule has 1 aliphatic carbocycles. The zero-order valence-electron chi connectivity index (χ0n) is 13.6. The van der Waals surface area contributed by atoms with Gasteiger partial charge < -0.3 is 10.3 Å². The van der Waals surface area contributed by atoms with Crippen molar-refractivity contribution in [3.63, 3.8) is 0 Å². The highest BCUT2D eigenvalue weighted by atomic mass is 35.5. The summed E-state index contributed by atoms with van der Waals surface area (Å²) in [6.45, 7) is 0. The molecule has 1 aliphatic rings. The summed E-state index contributed by atoms with van der Waals surface area (Å²) < 4.78 is 43.4. The maximum Gasteiger partial charge on any atom is 0.416 e. The summed E-state index contributed by atoms with van der Waals surface area (Å²) in [4.78, 5) is 4.38. The van der Waals surface area contributed by atoms with Gasteiger partial charge in [-0.25, -0.2) is 0 Å². The molecule has 4 nitrogen and oxygen atoms in total. The Balaban J connectivity index is 1.69. The van der Waals surface area contributed by atoms with Gasteiger partial charge in [-0.1, -0.05) is 28.4 Å². The van der Waals surface area contributed by atoms with Crippen molar-refractivity contribution in [2.45, 2.75) is 24.4 Å². The second-order valence-corrected chi connectivity index (χ2v) is 7.25. The van der Waals surface area contributed by atoms with Gasteiger partial charge in [0.25, 0.3) is 5.89 Å². The number of rotatable bonds is 3. The molecule has 0 saturated heterocycles. The molecule has 4 rings (SSSR count). The van der Waals surface area contributed by atoms with Crippen LogP contribution in [0, 0.1) is 0 Å². The van der Waals surface area contributed by atoms with Gasteiger partial charge in [0.15, 0.2) is 5.82 Å². The van der Waals surface area contributed by atoms with Gasteiger partial charge in [-0.05, 0) is 49.2 Å². The number of aromatic nitrogens is 2. The molecule has 1 aromatic heterocycles. The standard InChI is InChI=1S/C18H12Cl2F3N3O/c19-12-7-11(24)8-13(20)14(12)17(5-6-17)16-25-15(27-26-16)9-1-3-10(4-2-9)18(21,22)23/h1-4,7-8H,5-6,24H2. The van der Waals surface area contributed by atoms with E-state index in [2.05, 4.69) is 10.1 Å². The van der Waals surface area contributed by atoms with Crippen LogP contribution >= 0.6 is 23.2 Å². The van der Waals surface area contributed by atoms with Crippen LogP contribution in [0.2, 0.25) is 10.0 Å². The Labute approximate surface area is 162 Å².